The van der Waals surface area contributed by atoms with Gasteiger partial charge in [-0.2, -0.15) is 0 Å². The summed E-state index contributed by atoms with van der Waals surface area (Å²) in [5.41, 5.74) is 0.747. The van der Waals surface area contributed by atoms with E-state index in [9.17, 15) is 4.79 Å². The molecule has 0 aliphatic heterocycles. The van der Waals surface area contributed by atoms with E-state index in [1.807, 2.05) is 12.1 Å². The molecule has 0 spiro atoms. The van der Waals surface area contributed by atoms with Gasteiger partial charge in [0.25, 0.3) is 0 Å². The first-order valence-corrected chi connectivity index (χ1v) is 8.40. The van der Waals surface area contributed by atoms with Gasteiger partial charge in [0.2, 0.25) is 0 Å². The molecule has 0 saturated carbocycles. The second kappa shape index (κ2) is 10.9. The molecule has 1 nitrogen and oxygen atoms in total. The van der Waals surface area contributed by atoms with Gasteiger partial charge in [-0.05, 0) is 18.6 Å². The molecule has 0 aliphatic carbocycles. The summed E-state index contributed by atoms with van der Waals surface area (Å²) < 4.78 is 0. The molecule has 0 aliphatic rings. The summed E-state index contributed by atoms with van der Waals surface area (Å²) >= 11 is 5.89. The minimum absolute atomic E-state index is 0.218. The lowest BCUT2D eigenvalue weighted by atomic mass is 10.0. The largest absolute Gasteiger partial charge is 0.294 e. The van der Waals surface area contributed by atoms with Crippen molar-refractivity contribution in [3.8, 4) is 0 Å². The second-order valence-electron chi connectivity index (χ2n) is 5.51. The van der Waals surface area contributed by atoms with Crippen LogP contribution in [0.15, 0.2) is 24.3 Å². The third-order valence-corrected chi connectivity index (χ3v) is 3.89. The van der Waals surface area contributed by atoms with E-state index in [0.717, 1.165) is 12.0 Å². The van der Waals surface area contributed by atoms with Crippen LogP contribution in [0.2, 0.25) is 5.02 Å². The standard InChI is InChI=1S/C18H27ClO/c1-2-3-4-5-6-7-8-9-10-14-18(20)16-12-11-13-17(19)15-16/h11-13,15H,2-10,14H2,1H3. The van der Waals surface area contributed by atoms with Gasteiger partial charge in [0.15, 0.2) is 5.78 Å². The van der Waals surface area contributed by atoms with E-state index < -0.39 is 0 Å². The molecule has 0 aromatic heterocycles. The van der Waals surface area contributed by atoms with E-state index in [0.29, 0.717) is 11.4 Å². The number of hydrogen-bond acceptors (Lipinski definition) is 1. The molecule has 0 saturated heterocycles. The Morgan fingerprint density at radius 1 is 0.950 bits per heavy atom. The Kier molecular flexibility index (Phi) is 9.40. The highest BCUT2D eigenvalue weighted by molar-refractivity contribution is 6.31. The Hall–Kier alpha value is -0.820. The number of carbonyl (C=O) groups excluding carboxylic acids is 1. The Morgan fingerprint density at radius 2 is 1.55 bits per heavy atom. The van der Waals surface area contributed by atoms with Crippen molar-refractivity contribution in [1.82, 2.24) is 0 Å². The average molecular weight is 295 g/mol. The lowest BCUT2D eigenvalue weighted by Crippen LogP contribution is -1.98. The summed E-state index contributed by atoms with van der Waals surface area (Å²) in [4.78, 5) is 11.9. The quantitative estimate of drug-likeness (QED) is 0.339. The molecular formula is C18H27ClO. The van der Waals surface area contributed by atoms with Gasteiger partial charge in [-0.1, -0.05) is 82.0 Å². The van der Waals surface area contributed by atoms with Gasteiger partial charge in [0, 0.05) is 17.0 Å². The SMILES string of the molecule is CCCCCCCCCCCC(=O)c1cccc(Cl)c1. The van der Waals surface area contributed by atoms with E-state index >= 15 is 0 Å². The van der Waals surface area contributed by atoms with Crippen molar-refractivity contribution in [3.05, 3.63) is 34.9 Å². The van der Waals surface area contributed by atoms with Crippen LogP contribution in [0.3, 0.4) is 0 Å². The number of carbonyl (C=O) groups is 1. The fourth-order valence-electron chi connectivity index (χ4n) is 2.40. The third-order valence-electron chi connectivity index (χ3n) is 3.65. The summed E-state index contributed by atoms with van der Waals surface area (Å²) in [6.07, 6.45) is 12.2. The Morgan fingerprint density at radius 3 is 2.15 bits per heavy atom. The summed E-state index contributed by atoms with van der Waals surface area (Å²) in [5.74, 6) is 0.218. The highest BCUT2D eigenvalue weighted by Crippen LogP contribution is 2.15. The summed E-state index contributed by atoms with van der Waals surface area (Å²) in [5, 5.41) is 0.642. The van der Waals surface area contributed by atoms with Gasteiger partial charge in [0.1, 0.15) is 0 Å². The highest BCUT2D eigenvalue weighted by Gasteiger charge is 2.05. The smallest absolute Gasteiger partial charge is 0.162 e. The van der Waals surface area contributed by atoms with Crippen LogP contribution in [0.4, 0.5) is 0 Å². The van der Waals surface area contributed by atoms with Crippen LogP contribution in [-0.2, 0) is 0 Å². The second-order valence-corrected chi connectivity index (χ2v) is 5.95. The molecule has 0 N–H and O–H groups in total. The van der Waals surface area contributed by atoms with Gasteiger partial charge in [-0.3, -0.25) is 4.79 Å². The van der Waals surface area contributed by atoms with Crippen molar-refractivity contribution in [1.29, 1.82) is 0 Å². The van der Waals surface area contributed by atoms with Crippen LogP contribution in [-0.4, -0.2) is 5.78 Å². The van der Waals surface area contributed by atoms with Gasteiger partial charge < -0.3 is 0 Å². The molecule has 0 fully saturated rings. The first kappa shape index (κ1) is 17.2. The zero-order valence-electron chi connectivity index (χ0n) is 12.7. The van der Waals surface area contributed by atoms with Crippen molar-refractivity contribution in [3.63, 3.8) is 0 Å². The molecule has 0 atom stereocenters. The molecule has 1 aromatic rings. The van der Waals surface area contributed by atoms with Crippen LogP contribution >= 0.6 is 11.6 Å². The molecule has 112 valence electrons. The predicted octanol–water partition coefficient (Wildman–Crippen LogP) is 6.44. The highest BCUT2D eigenvalue weighted by atomic mass is 35.5. The number of hydrogen-bond donors (Lipinski definition) is 0. The van der Waals surface area contributed by atoms with Crippen LogP contribution in [0.25, 0.3) is 0 Å². The lowest BCUT2D eigenvalue weighted by Gasteiger charge is -2.03. The minimum atomic E-state index is 0.218. The van der Waals surface area contributed by atoms with Crippen molar-refractivity contribution < 1.29 is 4.79 Å². The number of Topliss-reactive ketones (excluding diaryl/α,β-unsaturated/α-hetero) is 1. The molecule has 0 bridgehead atoms. The summed E-state index contributed by atoms with van der Waals surface area (Å²) in [6.45, 7) is 2.25. The molecule has 0 radical (unpaired) electrons. The van der Waals surface area contributed by atoms with Gasteiger partial charge >= 0.3 is 0 Å². The summed E-state index contributed by atoms with van der Waals surface area (Å²) in [7, 11) is 0. The molecule has 0 heterocycles. The number of halogens is 1. The first-order valence-electron chi connectivity index (χ1n) is 8.03. The van der Waals surface area contributed by atoms with Crippen molar-refractivity contribution in [2.45, 2.75) is 71.1 Å². The fourth-order valence-corrected chi connectivity index (χ4v) is 2.59. The molecule has 2 heteroatoms. The maximum Gasteiger partial charge on any atom is 0.162 e. The van der Waals surface area contributed by atoms with Crippen LogP contribution in [0, 0.1) is 0 Å². The molecule has 0 unspecified atom stereocenters. The minimum Gasteiger partial charge on any atom is -0.294 e. The van der Waals surface area contributed by atoms with Gasteiger partial charge in [-0.15, -0.1) is 0 Å². The third kappa shape index (κ3) is 7.69. The van der Waals surface area contributed by atoms with E-state index in [2.05, 4.69) is 6.92 Å². The van der Waals surface area contributed by atoms with Gasteiger partial charge in [0.05, 0.1) is 0 Å². The normalized spacial score (nSPS) is 10.7. The zero-order chi connectivity index (χ0) is 14.6. The molecule has 20 heavy (non-hydrogen) atoms. The molecular weight excluding hydrogens is 268 g/mol. The zero-order valence-corrected chi connectivity index (χ0v) is 13.4. The van der Waals surface area contributed by atoms with E-state index in [1.54, 1.807) is 12.1 Å². The van der Waals surface area contributed by atoms with E-state index in [4.69, 9.17) is 11.6 Å². The number of benzene rings is 1. The number of ketones is 1. The number of rotatable bonds is 11. The molecule has 1 rings (SSSR count). The van der Waals surface area contributed by atoms with Crippen molar-refractivity contribution in [2.24, 2.45) is 0 Å². The van der Waals surface area contributed by atoms with Crippen LogP contribution in [0.5, 0.6) is 0 Å². The van der Waals surface area contributed by atoms with E-state index in [-0.39, 0.29) is 5.78 Å². The van der Waals surface area contributed by atoms with Crippen LogP contribution in [0.1, 0.15) is 81.5 Å². The Bertz CT molecular complexity index is 387. The van der Waals surface area contributed by atoms with Gasteiger partial charge in [-0.25, -0.2) is 0 Å². The van der Waals surface area contributed by atoms with Crippen LogP contribution < -0.4 is 0 Å². The predicted molar refractivity (Wildman–Crippen MR) is 87.6 cm³/mol. The number of unbranched alkanes of at least 4 members (excludes halogenated alkanes) is 8. The Balaban J connectivity index is 2.02. The topological polar surface area (TPSA) is 17.1 Å². The monoisotopic (exact) mass is 294 g/mol. The maximum absolute atomic E-state index is 11.9. The molecule has 0 amide bonds. The molecule has 1 aromatic carbocycles. The maximum atomic E-state index is 11.9. The lowest BCUT2D eigenvalue weighted by molar-refractivity contribution is 0.0979. The summed E-state index contributed by atoms with van der Waals surface area (Å²) in [6, 6.07) is 7.25. The van der Waals surface area contributed by atoms with E-state index in [1.165, 1.54) is 51.4 Å². The first-order chi connectivity index (χ1) is 9.74. The van der Waals surface area contributed by atoms with Crippen molar-refractivity contribution in [2.75, 3.05) is 0 Å². The average Bonchev–Trinajstić information content (AvgIpc) is 2.45. The van der Waals surface area contributed by atoms with Crippen molar-refractivity contribution >= 4 is 17.4 Å². The Labute approximate surface area is 128 Å². The fraction of sp³-hybridized carbons (Fsp3) is 0.611.